The van der Waals surface area contributed by atoms with E-state index in [1.54, 1.807) is 0 Å². The first-order valence-corrected chi connectivity index (χ1v) is 23.8. The molecule has 3 aliphatic heterocycles. The van der Waals surface area contributed by atoms with E-state index in [1.165, 1.54) is 134 Å². The molecule has 1 saturated carbocycles. The molecule has 0 saturated heterocycles. The second-order valence-corrected chi connectivity index (χ2v) is 20.2. The summed E-state index contributed by atoms with van der Waals surface area (Å²) in [5, 5.41) is 6.55. The number of nitrogens with zero attached hydrogens (tertiary/aromatic N) is 4. The number of hydrogen-bond acceptors (Lipinski definition) is 4. The monoisotopic (exact) mass is 838 g/mol. The largest absolute Gasteiger partial charge is 0.334 e. The maximum absolute atomic E-state index is 2.78. The molecule has 2 atom stereocenters. The number of rotatable bonds is 3. The van der Waals surface area contributed by atoms with Crippen LogP contribution >= 0.6 is 11.3 Å². The molecular weight excluding hydrogens is 796 g/mol. The molecule has 64 heavy (non-hydrogen) atoms. The van der Waals surface area contributed by atoms with Gasteiger partial charge in [-0.05, 0) is 96.9 Å². The van der Waals surface area contributed by atoms with Crippen LogP contribution in [-0.4, -0.2) is 16.7 Å². The lowest BCUT2D eigenvalue weighted by Crippen LogP contribution is -2.60. The van der Waals surface area contributed by atoms with Gasteiger partial charge in [0.2, 0.25) is 0 Å². The van der Waals surface area contributed by atoms with Gasteiger partial charge in [0.1, 0.15) is 0 Å². The molecule has 3 aromatic heterocycles. The Bertz CT molecular complexity index is 3760. The molecule has 8 aromatic carbocycles. The van der Waals surface area contributed by atoms with Crippen molar-refractivity contribution >= 4 is 127 Å². The van der Waals surface area contributed by atoms with E-state index >= 15 is 0 Å². The van der Waals surface area contributed by atoms with Crippen molar-refractivity contribution in [2.45, 2.75) is 50.5 Å². The zero-order valence-corrected chi connectivity index (χ0v) is 36.7. The van der Waals surface area contributed by atoms with Crippen molar-refractivity contribution in [3.05, 3.63) is 181 Å². The van der Waals surface area contributed by atoms with Gasteiger partial charge >= 0.3 is 0 Å². The van der Waals surface area contributed by atoms with Crippen LogP contribution in [0.3, 0.4) is 0 Å². The summed E-state index contributed by atoms with van der Waals surface area (Å²) in [5.74, 6) is 0. The Morgan fingerprint density at radius 2 is 1.11 bits per heavy atom. The Kier molecular flexibility index (Phi) is 6.85. The second kappa shape index (κ2) is 12.4. The van der Waals surface area contributed by atoms with Gasteiger partial charge in [0.05, 0.1) is 33.5 Å². The summed E-state index contributed by atoms with van der Waals surface area (Å²) < 4.78 is 5.27. The molecule has 0 N–H and O–H groups in total. The van der Waals surface area contributed by atoms with Crippen molar-refractivity contribution < 1.29 is 0 Å². The van der Waals surface area contributed by atoms with Gasteiger partial charge in [-0.2, -0.15) is 0 Å². The van der Waals surface area contributed by atoms with Crippen molar-refractivity contribution in [3.8, 4) is 0 Å². The fourth-order valence-corrected chi connectivity index (χ4v) is 14.6. The van der Waals surface area contributed by atoms with Crippen molar-refractivity contribution in [1.29, 1.82) is 0 Å². The Balaban J connectivity index is 1.15. The van der Waals surface area contributed by atoms with Crippen molar-refractivity contribution in [1.82, 2.24) is 4.40 Å². The van der Waals surface area contributed by atoms with Crippen LogP contribution in [-0.2, 0) is 5.41 Å². The van der Waals surface area contributed by atoms with Gasteiger partial charge < -0.3 is 19.1 Å². The van der Waals surface area contributed by atoms with Crippen LogP contribution in [0.1, 0.15) is 45.1 Å². The minimum absolute atomic E-state index is 0.00158. The van der Waals surface area contributed by atoms with Gasteiger partial charge in [0.15, 0.2) is 0 Å². The van der Waals surface area contributed by atoms with Crippen molar-refractivity contribution in [2.75, 3.05) is 14.7 Å². The van der Waals surface area contributed by atoms with Crippen LogP contribution < -0.4 is 30.4 Å². The van der Waals surface area contributed by atoms with Gasteiger partial charge in [0, 0.05) is 75.9 Å². The molecule has 0 amide bonds. The second-order valence-electron chi connectivity index (χ2n) is 19.1. The van der Waals surface area contributed by atoms with E-state index < -0.39 is 0 Å². The minimum Gasteiger partial charge on any atom is -0.334 e. The van der Waals surface area contributed by atoms with Gasteiger partial charge in [-0.3, -0.25) is 0 Å². The number of para-hydroxylation sites is 5. The highest BCUT2D eigenvalue weighted by Gasteiger charge is 2.58. The zero-order valence-electron chi connectivity index (χ0n) is 35.8. The predicted molar refractivity (Wildman–Crippen MR) is 273 cm³/mol. The van der Waals surface area contributed by atoms with Crippen LogP contribution in [0.15, 0.2) is 176 Å². The summed E-state index contributed by atoms with van der Waals surface area (Å²) in [5.41, 5.74) is 18.0. The van der Waals surface area contributed by atoms with E-state index in [4.69, 9.17) is 0 Å². The number of thiophene rings is 1. The molecule has 6 heterocycles. The number of fused-ring (bicyclic) bond motifs is 16. The highest BCUT2D eigenvalue weighted by Crippen LogP contribution is 2.62. The average molecular weight is 839 g/mol. The first kappa shape index (κ1) is 35.4. The summed E-state index contributed by atoms with van der Waals surface area (Å²) in [6, 6.07) is 66.8. The lowest BCUT2D eigenvalue weighted by Gasteiger charge is -2.51. The van der Waals surface area contributed by atoms with Gasteiger partial charge in [-0.25, -0.2) is 0 Å². The normalized spacial score (nSPS) is 19.8. The standard InChI is InChI=1S/C58H43BN4S/c1-57-31-17-18-32-58(57,2)63(47-29-15-12-26-43(47)57)38-33-48-52-49(34-38)61(37-21-7-4-8-22-37)55-44(35-42-39-23-9-13-27-45(39)62-46-28-14-10-24-40(46)51(55)53(42)62)59(52)56-54(41-25-11-16-30-50(41)64-56)60(48)36-19-5-3-6-20-36/h3-16,19-30,33-35H,17-18,31-32H2,1-2H3. The molecule has 6 heteroatoms. The number of aromatic nitrogens is 1. The van der Waals surface area contributed by atoms with E-state index in [-0.39, 0.29) is 17.7 Å². The van der Waals surface area contributed by atoms with Crippen LogP contribution in [0.4, 0.5) is 45.5 Å². The van der Waals surface area contributed by atoms with Crippen LogP contribution in [0, 0.1) is 0 Å². The summed E-state index contributed by atoms with van der Waals surface area (Å²) in [6.45, 7) is 5.12. The third-order valence-electron chi connectivity index (χ3n) is 16.2. The minimum atomic E-state index is -0.105. The highest BCUT2D eigenvalue weighted by atomic mass is 32.1. The fraction of sp³-hybridized carbons (Fsp3) is 0.138. The molecule has 11 aromatic rings. The van der Waals surface area contributed by atoms with E-state index in [2.05, 4.69) is 209 Å². The molecule has 2 unspecified atom stereocenters. The lowest BCUT2D eigenvalue weighted by molar-refractivity contribution is 0.195. The third kappa shape index (κ3) is 4.21. The average Bonchev–Trinajstić information content (AvgIpc) is 4.05. The molecule has 0 radical (unpaired) electrons. The molecule has 304 valence electrons. The quantitative estimate of drug-likeness (QED) is 0.165. The predicted octanol–water partition coefficient (Wildman–Crippen LogP) is 13.9. The van der Waals surface area contributed by atoms with Crippen molar-refractivity contribution in [2.24, 2.45) is 0 Å². The Morgan fingerprint density at radius 1 is 0.516 bits per heavy atom. The topological polar surface area (TPSA) is 14.1 Å². The Morgan fingerprint density at radius 3 is 1.86 bits per heavy atom. The smallest absolute Gasteiger partial charge is 0.264 e. The first-order chi connectivity index (χ1) is 31.5. The Labute approximate surface area is 376 Å². The molecule has 0 bridgehead atoms. The van der Waals surface area contributed by atoms with E-state index in [9.17, 15) is 0 Å². The fourth-order valence-electron chi connectivity index (χ4n) is 13.3. The third-order valence-corrected chi connectivity index (χ3v) is 17.4. The lowest BCUT2D eigenvalue weighted by atomic mass is 9.36. The maximum atomic E-state index is 2.78. The highest BCUT2D eigenvalue weighted by molar-refractivity contribution is 7.33. The molecule has 15 rings (SSSR count). The summed E-state index contributed by atoms with van der Waals surface area (Å²) in [4.78, 5) is 8.08. The SMILES string of the molecule is CC12CCCCC1(C)N(c1cc3c4c(c1)N(c1ccccc1)c1c(cc5c6ccccc6n6c7ccccc7c1c56)B4c1sc4ccccc4c1N3c1ccccc1)c1ccccc12. The zero-order chi connectivity index (χ0) is 42.1. The summed E-state index contributed by atoms with van der Waals surface area (Å²) >= 11 is 1.98. The number of anilines is 8. The number of benzene rings is 8. The molecular formula is C58H43BN4S. The van der Waals surface area contributed by atoms with Gasteiger partial charge in [0.25, 0.3) is 6.71 Å². The number of hydrogen-bond donors (Lipinski definition) is 0. The van der Waals surface area contributed by atoms with Gasteiger partial charge in [-0.15, -0.1) is 11.3 Å². The van der Waals surface area contributed by atoms with Crippen LogP contribution in [0.5, 0.6) is 0 Å². The summed E-state index contributed by atoms with van der Waals surface area (Å²) in [7, 11) is 0. The van der Waals surface area contributed by atoms with Crippen molar-refractivity contribution in [3.63, 3.8) is 0 Å². The van der Waals surface area contributed by atoms with Gasteiger partial charge in [-0.1, -0.05) is 135 Å². The van der Waals surface area contributed by atoms with Crippen LogP contribution in [0.25, 0.3) is 48.2 Å². The van der Waals surface area contributed by atoms with Crippen LogP contribution in [0.2, 0.25) is 0 Å². The van der Waals surface area contributed by atoms with E-state index in [0.717, 1.165) is 6.42 Å². The van der Waals surface area contributed by atoms with E-state index in [0.29, 0.717) is 0 Å². The molecule has 4 nitrogen and oxygen atoms in total. The maximum Gasteiger partial charge on any atom is 0.264 e. The molecule has 1 aliphatic carbocycles. The van der Waals surface area contributed by atoms with E-state index in [1.807, 2.05) is 11.3 Å². The first-order valence-electron chi connectivity index (χ1n) is 23.0. The summed E-state index contributed by atoms with van der Waals surface area (Å²) in [6.07, 6.45) is 4.82. The molecule has 4 aliphatic rings. The Hall–Kier alpha value is -7.02. The molecule has 0 spiro atoms. The molecule has 1 fully saturated rings.